The van der Waals surface area contributed by atoms with E-state index >= 15 is 0 Å². The van der Waals surface area contributed by atoms with Crippen molar-refractivity contribution in [3.63, 3.8) is 0 Å². The standard InChI is InChI=1S/C9H11NS2.Pb/c1-2-10(9(11)12)8-6-4-3-5-7-8;/h3-7H,2H2,1H3,(H,11,12);. The predicted molar refractivity (Wildman–Crippen MR) is 66.8 cm³/mol. The molecule has 0 aliphatic heterocycles. The van der Waals surface area contributed by atoms with Crippen LogP contribution in [0.15, 0.2) is 30.3 Å². The molecule has 0 heterocycles. The Balaban J connectivity index is 0.00000144. The van der Waals surface area contributed by atoms with E-state index in [4.69, 9.17) is 12.2 Å². The number of thiol groups is 1. The van der Waals surface area contributed by atoms with Crippen LogP contribution in [0.5, 0.6) is 0 Å². The molecule has 0 aliphatic rings. The molecule has 0 bridgehead atoms. The summed E-state index contributed by atoms with van der Waals surface area (Å²) in [7, 11) is 0. The number of para-hydroxylation sites is 1. The minimum atomic E-state index is 0. The summed E-state index contributed by atoms with van der Waals surface area (Å²) >= 11 is 9.13. The summed E-state index contributed by atoms with van der Waals surface area (Å²) in [5.74, 6) is 0. The topological polar surface area (TPSA) is 3.24 Å². The molecule has 4 radical (unpaired) electrons. The zero-order valence-electron chi connectivity index (χ0n) is 7.40. The van der Waals surface area contributed by atoms with E-state index in [1.54, 1.807) is 0 Å². The SMILES string of the molecule is CCN(C(=S)S)c1ccccc1.[Pb]. The van der Waals surface area contributed by atoms with Gasteiger partial charge in [0.15, 0.2) is 0 Å². The van der Waals surface area contributed by atoms with Gasteiger partial charge in [0.1, 0.15) is 4.32 Å². The van der Waals surface area contributed by atoms with E-state index in [2.05, 4.69) is 19.6 Å². The molecule has 0 aromatic heterocycles. The van der Waals surface area contributed by atoms with Crippen LogP contribution in [0.25, 0.3) is 0 Å². The van der Waals surface area contributed by atoms with Crippen molar-refractivity contribution in [3.05, 3.63) is 30.3 Å². The van der Waals surface area contributed by atoms with Crippen LogP contribution in [-0.2, 0) is 0 Å². The van der Waals surface area contributed by atoms with Gasteiger partial charge in [0, 0.05) is 39.5 Å². The molecule has 0 saturated carbocycles. The van der Waals surface area contributed by atoms with Crippen LogP contribution in [0, 0.1) is 0 Å². The predicted octanol–water partition coefficient (Wildman–Crippen LogP) is 2.35. The van der Waals surface area contributed by atoms with Crippen LogP contribution in [0.1, 0.15) is 6.92 Å². The minimum absolute atomic E-state index is 0. The Morgan fingerprint density at radius 1 is 1.38 bits per heavy atom. The second-order valence-electron chi connectivity index (χ2n) is 2.36. The van der Waals surface area contributed by atoms with E-state index < -0.39 is 0 Å². The number of nitrogens with zero attached hydrogens (tertiary/aromatic N) is 1. The van der Waals surface area contributed by atoms with E-state index in [0.29, 0.717) is 4.32 Å². The zero-order valence-corrected chi connectivity index (χ0v) is 13.0. The van der Waals surface area contributed by atoms with E-state index in [1.165, 1.54) is 0 Å². The molecule has 0 fully saturated rings. The van der Waals surface area contributed by atoms with Crippen LogP contribution in [0.2, 0.25) is 0 Å². The van der Waals surface area contributed by atoms with Gasteiger partial charge in [-0.05, 0) is 19.1 Å². The van der Waals surface area contributed by atoms with E-state index in [9.17, 15) is 0 Å². The molecule has 1 aromatic carbocycles. The molecule has 0 unspecified atom stereocenters. The Hall–Kier alpha value is 0.382. The average molecular weight is 405 g/mol. The summed E-state index contributed by atoms with van der Waals surface area (Å²) in [5, 5.41) is 0. The van der Waals surface area contributed by atoms with Crippen molar-refractivity contribution >= 4 is 62.2 Å². The number of hydrogen-bond donors (Lipinski definition) is 1. The van der Waals surface area contributed by atoms with Gasteiger partial charge in [-0.15, -0.1) is 12.6 Å². The third-order valence-corrected chi connectivity index (χ3v) is 2.08. The molecule has 1 aromatic rings. The van der Waals surface area contributed by atoms with Crippen molar-refractivity contribution in [2.45, 2.75) is 6.92 Å². The summed E-state index contributed by atoms with van der Waals surface area (Å²) in [6, 6.07) is 10.0. The number of benzene rings is 1. The Bertz CT molecular complexity index is 264. The number of anilines is 1. The molecule has 4 heteroatoms. The van der Waals surface area contributed by atoms with Crippen molar-refractivity contribution in [2.24, 2.45) is 0 Å². The summed E-state index contributed by atoms with van der Waals surface area (Å²) in [4.78, 5) is 1.97. The van der Waals surface area contributed by atoms with Crippen LogP contribution in [-0.4, -0.2) is 38.2 Å². The van der Waals surface area contributed by atoms with Gasteiger partial charge in [-0.2, -0.15) is 0 Å². The third kappa shape index (κ3) is 3.95. The molecule has 0 atom stereocenters. The van der Waals surface area contributed by atoms with Gasteiger partial charge in [0.2, 0.25) is 0 Å². The maximum atomic E-state index is 4.99. The second-order valence-corrected chi connectivity index (χ2v) is 3.48. The van der Waals surface area contributed by atoms with Gasteiger partial charge in [-0.1, -0.05) is 30.4 Å². The second kappa shape index (κ2) is 6.78. The van der Waals surface area contributed by atoms with Crippen molar-refractivity contribution in [1.29, 1.82) is 0 Å². The molecule has 0 N–H and O–H groups in total. The molecule has 0 amide bonds. The van der Waals surface area contributed by atoms with Gasteiger partial charge >= 0.3 is 0 Å². The Morgan fingerprint density at radius 3 is 2.31 bits per heavy atom. The van der Waals surface area contributed by atoms with Gasteiger partial charge in [-0.3, -0.25) is 0 Å². The van der Waals surface area contributed by atoms with Crippen LogP contribution < -0.4 is 4.90 Å². The fourth-order valence-corrected chi connectivity index (χ4v) is 1.53. The molecule has 0 saturated heterocycles. The van der Waals surface area contributed by atoms with Crippen molar-refractivity contribution in [1.82, 2.24) is 0 Å². The van der Waals surface area contributed by atoms with Gasteiger partial charge in [0.25, 0.3) is 0 Å². The molecular formula is C9H11NPbS2. The van der Waals surface area contributed by atoms with E-state index in [-0.39, 0.29) is 27.3 Å². The quantitative estimate of drug-likeness (QED) is 0.458. The van der Waals surface area contributed by atoms with Crippen LogP contribution in [0.3, 0.4) is 0 Å². The normalized spacial score (nSPS) is 8.77. The smallest absolute Gasteiger partial charge is 0.137 e. The van der Waals surface area contributed by atoms with Crippen LogP contribution in [0.4, 0.5) is 5.69 Å². The largest absolute Gasteiger partial charge is 0.328 e. The monoisotopic (exact) mass is 405 g/mol. The summed E-state index contributed by atoms with van der Waals surface area (Å²) in [6.45, 7) is 2.90. The molecule has 1 nitrogen and oxygen atoms in total. The Kier molecular flexibility index (Phi) is 6.98. The molecular weight excluding hydrogens is 393 g/mol. The average Bonchev–Trinajstić information content (AvgIpc) is 2.07. The molecule has 0 spiro atoms. The fourth-order valence-electron chi connectivity index (χ4n) is 1.04. The molecule has 1 rings (SSSR count). The molecule has 13 heavy (non-hydrogen) atoms. The maximum Gasteiger partial charge on any atom is 0.137 e. The Labute approximate surface area is 110 Å². The number of thiocarbonyl (C=S) groups is 1. The van der Waals surface area contributed by atoms with Crippen molar-refractivity contribution in [2.75, 3.05) is 11.4 Å². The minimum Gasteiger partial charge on any atom is -0.328 e. The third-order valence-electron chi connectivity index (χ3n) is 1.61. The first-order chi connectivity index (χ1) is 5.75. The molecule has 68 valence electrons. The number of rotatable bonds is 2. The maximum absolute atomic E-state index is 4.99. The van der Waals surface area contributed by atoms with Gasteiger partial charge < -0.3 is 4.90 Å². The van der Waals surface area contributed by atoms with Gasteiger partial charge in [-0.25, -0.2) is 0 Å². The Morgan fingerprint density at radius 2 is 1.92 bits per heavy atom. The van der Waals surface area contributed by atoms with Crippen molar-refractivity contribution in [3.8, 4) is 0 Å². The summed E-state index contributed by atoms with van der Waals surface area (Å²) in [5.41, 5.74) is 1.10. The van der Waals surface area contributed by atoms with Gasteiger partial charge in [0.05, 0.1) is 0 Å². The summed E-state index contributed by atoms with van der Waals surface area (Å²) < 4.78 is 0.615. The molecule has 0 aliphatic carbocycles. The van der Waals surface area contributed by atoms with Crippen LogP contribution >= 0.6 is 24.8 Å². The van der Waals surface area contributed by atoms with E-state index in [1.807, 2.05) is 35.2 Å². The summed E-state index contributed by atoms with van der Waals surface area (Å²) in [6.07, 6.45) is 0. The van der Waals surface area contributed by atoms with E-state index in [0.717, 1.165) is 12.2 Å². The fraction of sp³-hybridized carbons (Fsp3) is 0.222. The first-order valence-corrected chi connectivity index (χ1v) is 4.66. The number of hydrogen-bond acceptors (Lipinski definition) is 1. The first-order valence-electron chi connectivity index (χ1n) is 3.81. The van der Waals surface area contributed by atoms with Crippen molar-refractivity contribution < 1.29 is 0 Å². The first kappa shape index (κ1) is 13.4. The zero-order chi connectivity index (χ0) is 8.97.